The normalized spacial score (nSPS) is 23.6. The second-order valence-corrected chi connectivity index (χ2v) is 8.39. The summed E-state index contributed by atoms with van der Waals surface area (Å²) in [5.74, 6) is 0.0422. The van der Waals surface area contributed by atoms with E-state index >= 15 is 0 Å². The van der Waals surface area contributed by atoms with Crippen LogP contribution in [0.1, 0.15) is 37.7 Å². The lowest BCUT2D eigenvalue weighted by atomic mass is 9.83. The molecule has 1 aliphatic heterocycles. The number of halogens is 1. The molecular weight excluding hydrogens is 418 g/mol. The lowest BCUT2D eigenvalue weighted by molar-refractivity contribution is -0.140. The van der Waals surface area contributed by atoms with Gasteiger partial charge in [-0.3, -0.25) is 14.5 Å². The number of hydrogen-bond donors (Lipinski definition) is 2. The summed E-state index contributed by atoms with van der Waals surface area (Å²) in [4.78, 5) is 34.7. The minimum absolute atomic E-state index is 0. The zero-order valence-electron chi connectivity index (χ0n) is 16.7. The molecule has 1 aromatic carbocycles. The summed E-state index contributed by atoms with van der Waals surface area (Å²) in [6.07, 6.45) is 5.31. The van der Waals surface area contributed by atoms with Crippen molar-refractivity contribution in [3.8, 4) is 6.07 Å². The molecule has 3 fully saturated rings. The zero-order chi connectivity index (χ0) is 20.9. The van der Waals surface area contributed by atoms with Gasteiger partial charge in [-0.25, -0.2) is 4.98 Å². The zero-order valence-corrected chi connectivity index (χ0v) is 17.6. The first-order valence-corrected chi connectivity index (χ1v) is 10.2. The molecule has 0 bridgehead atoms. The highest BCUT2D eigenvalue weighted by Gasteiger charge is 2.57. The number of nitrogens with one attached hydrogen (secondary N) is 1. The van der Waals surface area contributed by atoms with Crippen LogP contribution in [0, 0.1) is 22.7 Å². The maximum atomic E-state index is 13.0. The molecule has 0 radical (unpaired) electrons. The first-order valence-electron chi connectivity index (χ1n) is 10.2. The molecule has 160 valence electrons. The highest BCUT2D eigenvalue weighted by Crippen LogP contribution is 2.52. The highest BCUT2D eigenvalue weighted by atomic mass is 35.5. The second-order valence-electron chi connectivity index (χ2n) is 8.39. The highest BCUT2D eigenvalue weighted by molar-refractivity contribution is 6.01. The lowest BCUT2D eigenvalue weighted by Crippen LogP contribution is -2.35. The largest absolute Gasteiger partial charge is 0.481 e. The van der Waals surface area contributed by atoms with Crippen LogP contribution in [0.3, 0.4) is 0 Å². The van der Waals surface area contributed by atoms with Gasteiger partial charge in [0.1, 0.15) is 11.2 Å². The van der Waals surface area contributed by atoms with Crippen molar-refractivity contribution in [1.29, 1.82) is 5.26 Å². The number of anilines is 3. The minimum Gasteiger partial charge on any atom is -0.481 e. The first kappa shape index (κ1) is 21.1. The molecule has 8 nitrogen and oxygen atoms in total. The Hall–Kier alpha value is -3.18. The van der Waals surface area contributed by atoms with Gasteiger partial charge in [0, 0.05) is 18.4 Å². The van der Waals surface area contributed by atoms with E-state index in [0.717, 1.165) is 24.1 Å². The molecule has 1 amide bonds. The summed E-state index contributed by atoms with van der Waals surface area (Å²) in [6.45, 7) is 0.477. The Balaban J connectivity index is 0.00000231. The van der Waals surface area contributed by atoms with Crippen LogP contribution < -0.4 is 10.2 Å². The fraction of sp³-hybridized carbons (Fsp3) is 0.409. The first-order chi connectivity index (χ1) is 14.5. The third kappa shape index (κ3) is 3.39. The third-order valence-electron chi connectivity index (χ3n) is 6.60. The lowest BCUT2D eigenvalue weighted by Gasteiger charge is -2.20. The topological polar surface area (TPSA) is 119 Å². The van der Waals surface area contributed by atoms with Gasteiger partial charge in [-0.1, -0.05) is 12.1 Å². The molecular formula is C22H22ClN5O3. The molecule has 9 heteroatoms. The Kier molecular flexibility index (Phi) is 5.10. The number of benzene rings is 1. The molecule has 2 saturated carbocycles. The number of nitrogens with zero attached hydrogens (tertiary/aromatic N) is 4. The van der Waals surface area contributed by atoms with Crippen molar-refractivity contribution in [2.45, 2.75) is 37.5 Å². The Labute approximate surface area is 185 Å². The van der Waals surface area contributed by atoms with E-state index in [1.165, 1.54) is 0 Å². The Bertz CT molecular complexity index is 1080. The molecule has 2 N–H and O–H groups in total. The van der Waals surface area contributed by atoms with Crippen LogP contribution in [0.2, 0.25) is 0 Å². The summed E-state index contributed by atoms with van der Waals surface area (Å²) in [5, 5.41) is 22.2. The van der Waals surface area contributed by atoms with Gasteiger partial charge >= 0.3 is 5.97 Å². The van der Waals surface area contributed by atoms with Gasteiger partial charge in [0.05, 0.1) is 11.5 Å². The van der Waals surface area contributed by atoms with Crippen molar-refractivity contribution in [2.75, 3.05) is 16.8 Å². The van der Waals surface area contributed by atoms with E-state index in [1.54, 1.807) is 17.2 Å². The molecule has 31 heavy (non-hydrogen) atoms. The van der Waals surface area contributed by atoms with Gasteiger partial charge in [-0.15, -0.1) is 12.4 Å². The van der Waals surface area contributed by atoms with Crippen molar-refractivity contribution in [1.82, 2.24) is 9.97 Å². The van der Waals surface area contributed by atoms with Crippen molar-refractivity contribution < 1.29 is 14.7 Å². The molecule has 2 aromatic rings. The monoisotopic (exact) mass is 439 g/mol. The van der Waals surface area contributed by atoms with E-state index in [9.17, 15) is 20.0 Å². The van der Waals surface area contributed by atoms with Gasteiger partial charge in [0.15, 0.2) is 0 Å². The molecule has 2 aliphatic carbocycles. The number of amides is 1. The predicted molar refractivity (Wildman–Crippen MR) is 115 cm³/mol. The summed E-state index contributed by atoms with van der Waals surface area (Å²) in [5.41, 5.74) is -0.114. The third-order valence-corrected chi connectivity index (χ3v) is 6.60. The van der Waals surface area contributed by atoms with Crippen LogP contribution in [0.15, 0.2) is 36.5 Å². The SMILES string of the molecule is Cl.N#C[C@@]1(C2CC2)CCN(c2ccnc(Nc3ccc(C4(C(=O)O)CC4)cc3)n2)C1=O. The van der Waals surface area contributed by atoms with Gasteiger partial charge in [0.25, 0.3) is 0 Å². The van der Waals surface area contributed by atoms with E-state index in [-0.39, 0.29) is 24.2 Å². The van der Waals surface area contributed by atoms with E-state index in [0.29, 0.717) is 37.6 Å². The fourth-order valence-corrected chi connectivity index (χ4v) is 4.42. The number of nitriles is 1. The summed E-state index contributed by atoms with van der Waals surface area (Å²) >= 11 is 0. The van der Waals surface area contributed by atoms with Crippen molar-refractivity contribution in [3.63, 3.8) is 0 Å². The quantitative estimate of drug-likeness (QED) is 0.707. The molecule has 3 aliphatic rings. The van der Waals surface area contributed by atoms with Crippen molar-refractivity contribution >= 4 is 41.7 Å². The second kappa shape index (κ2) is 7.50. The minimum atomic E-state index is -0.905. The maximum Gasteiger partial charge on any atom is 0.314 e. The average molecular weight is 440 g/mol. The Morgan fingerprint density at radius 2 is 1.90 bits per heavy atom. The number of aromatic nitrogens is 2. The smallest absolute Gasteiger partial charge is 0.314 e. The number of hydrogen-bond acceptors (Lipinski definition) is 6. The number of aliphatic carboxylic acids is 1. The van der Waals surface area contributed by atoms with Gasteiger partial charge in [-0.2, -0.15) is 10.2 Å². The number of carbonyl (C=O) groups excluding carboxylic acids is 1. The van der Waals surface area contributed by atoms with Crippen molar-refractivity contribution in [3.05, 3.63) is 42.1 Å². The molecule has 1 saturated heterocycles. The van der Waals surface area contributed by atoms with Crippen molar-refractivity contribution in [2.24, 2.45) is 11.3 Å². The molecule has 0 spiro atoms. The van der Waals surface area contributed by atoms with Crippen LogP contribution in [-0.2, 0) is 15.0 Å². The number of carboxylic acids is 1. The maximum absolute atomic E-state index is 13.0. The van der Waals surface area contributed by atoms with E-state index < -0.39 is 16.8 Å². The number of carboxylic acid groups (broad SMARTS) is 1. The standard InChI is InChI=1S/C22H21N5O3.ClH/c23-13-22(15-1-2-15)10-12-27(18(22)28)17-7-11-24-20(26-17)25-16-5-3-14(4-6-16)21(8-9-21)19(29)30;/h3-7,11,15H,1-2,8-10,12H2,(H,29,30)(H,24,25,26);1H/t22-;/m1./s1. The van der Waals surface area contributed by atoms with Gasteiger partial charge in [0.2, 0.25) is 11.9 Å². The number of rotatable bonds is 6. The van der Waals surface area contributed by atoms with E-state index in [1.807, 2.05) is 24.3 Å². The van der Waals surface area contributed by atoms with Crippen LogP contribution in [0.4, 0.5) is 17.5 Å². The van der Waals surface area contributed by atoms with Gasteiger partial charge in [-0.05, 0) is 61.8 Å². The molecule has 1 aromatic heterocycles. The van der Waals surface area contributed by atoms with E-state index in [2.05, 4.69) is 21.4 Å². The molecule has 1 atom stereocenters. The van der Waals surface area contributed by atoms with Gasteiger partial charge < -0.3 is 10.4 Å². The molecule has 0 unspecified atom stereocenters. The van der Waals surface area contributed by atoms with Crippen LogP contribution in [-0.4, -0.2) is 33.5 Å². The average Bonchev–Trinajstić information content (AvgIpc) is 3.67. The van der Waals surface area contributed by atoms with Crippen LogP contribution in [0.5, 0.6) is 0 Å². The molecule has 2 heterocycles. The summed E-state index contributed by atoms with van der Waals surface area (Å²) in [7, 11) is 0. The van der Waals surface area contributed by atoms with Crippen LogP contribution in [0.25, 0.3) is 0 Å². The summed E-state index contributed by atoms with van der Waals surface area (Å²) in [6, 6.07) is 11.2. The Morgan fingerprint density at radius 1 is 1.19 bits per heavy atom. The number of carbonyl (C=O) groups is 2. The predicted octanol–water partition coefficient (Wildman–Crippen LogP) is 3.41. The van der Waals surface area contributed by atoms with E-state index in [4.69, 9.17) is 0 Å². The Morgan fingerprint density at radius 3 is 2.48 bits per heavy atom. The fourth-order valence-electron chi connectivity index (χ4n) is 4.42. The molecule has 5 rings (SSSR count). The summed E-state index contributed by atoms with van der Waals surface area (Å²) < 4.78 is 0. The van der Waals surface area contributed by atoms with Crippen LogP contribution >= 0.6 is 12.4 Å².